The third-order valence-electron chi connectivity index (χ3n) is 11.3. The molecule has 0 aliphatic heterocycles. The van der Waals surface area contributed by atoms with E-state index in [1.165, 1.54) is 10.8 Å². The van der Waals surface area contributed by atoms with Crippen LogP contribution in [0.5, 0.6) is 0 Å². The Morgan fingerprint density at radius 1 is 0.304 bits per heavy atom. The molecule has 0 unspecified atom stereocenters. The van der Waals surface area contributed by atoms with Gasteiger partial charge in [0.25, 0.3) is 0 Å². The topological polar surface area (TPSA) is 42.7 Å². The zero-order valence-electron chi connectivity index (χ0n) is 30.1. The van der Waals surface area contributed by atoms with Crippen LogP contribution in [0, 0.1) is 0 Å². The highest BCUT2D eigenvalue weighted by molar-refractivity contribution is 6.21. The van der Waals surface area contributed by atoms with Crippen molar-refractivity contribution < 1.29 is 13.3 Å². The van der Waals surface area contributed by atoms with E-state index in [9.17, 15) is 0 Å². The lowest BCUT2D eigenvalue weighted by Crippen LogP contribution is -2.10. The minimum absolute atomic E-state index is 0.821. The van der Waals surface area contributed by atoms with E-state index in [1.807, 2.05) is 12.1 Å². The van der Waals surface area contributed by atoms with Gasteiger partial charge in [-0.3, -0.25) is 0 Å². The molecule has 0 fully saturated rings. The van der Waals surface area contributed by atoms with Crippen molar-refractivity contribution in [1.82, 2.24) is 0 Å². The van der Waals surface area contributed by atoms with Crippen molar-refractivity contribution in [2.45, 2.75) is 0 Å². The van der Waals surface area contributed by atoms with Crippen LogP contribution in [0.1, 0.15) is 0 Å². The Bertz CT molecular complexity index is 3500. The second-order valence-corrected chi connectivity index (χ2v) is 14.4. The molecule has 4 heteroatoms. The molecule has 0 radical (unpaired) electrons. The maximum absolute atomic E-state index is 7.02. The number of rotatable bonds is 5. The van der Waals surface area contributed by atoms with E-state index in [1.54, 1.807) is 0 Å². The SMILES string of the molecule is c1ccc(N(c2ccc3ccccc3c2)c2cccc3c2oc2cccc(-c4cccc5c4oc4c(-c6cccc7c6oc6ccccc67)cccc45)c23)cc1. The van der Waals surface area contributed by atoms with Gasteiger partial charge < -0.3 is 18.2 Å². The van der Waals surface area contributed by atoms with Gasteiger partial charge in [0.15, 0.2) is 5.58 Å². The van der Waals surface area contributed by atoms with Gasteiger partial charge in [-0.2, -0.15) is 0 Å². The standard InChI is InChI=1S/C52H31NO3/c1-2-15-34(16-3-1)53(35-30-29-32-13-4-5-14-33(32)31-35)45-26-11-25-44-48-37(18-12-28-47(48)55-52(44)45)39-20-9-22-42-43-24-10-23-41(51(43)56-50(39)42)40-21-8-19-38-36-17-6-7-27-46(36)54-49(38)40/h1-31H. The van der Waals surface area contributed by atoms with Crippen molar-refractivity contribution in [2.75, 3.05) is 4.90 Å². The molecule has 12 aromatic rings. The average Bonchev–Trinajstić information content (AvgIpc) is 3.96. The molecular weight excluding hydrogens is 687 g/mol. The van der Waals surface area contributed by atoms with Gasteiger partial charge in [-0.05, 0) is 58.8 Å². The van der Waals surface area contributed by atoms with Crippen LogP contribution < -0.4 is 4.90 Å². The molecule has 0 aliphatic rings. The Hall–Kier alpha value is -7.56. The molecule has 9 aromatic carbocycles. The summed E-state index contributed by atoms with van der Waals surface area (Å²) in [7, 11) is 0. The molecular formula is C52H31NO3. The maximum atomic E-state index is 7.02. The van der Waals surface area contributed by atoms with Crippen molar-refractivity contribution in [3.8, 4) is 22.3 Å². The number of nitrogens with zero attached hydrogens (tertiary/aromatic N) is 1. The summed E-state index contributed by atoms with van der Waals surface area (Å²) >= 11 is 0. The van der Waals surface area contributed by atoms with Gasteiger partial charge in [0, 0.05) is 60.4 Å². The van der Waals surface area contributed by atoms with E-state index in [-0.39, 0.29) is 0 Å². The van der Waals surface area contributed by atoms with Crippen LogP contribution in [0.2, 0.25) is 0 Å². The summed E-state index contributed by atoms with van der Waals surface area (Å²) in [5, 5.41) is 8.81. The first-order valence-electron chi connectivity index (χ1n) is 18.9. The lowest BCUT2D eigenvalue weighted by molar-refractivity contribution is 0.665. The molecule has 0 N–H and O–H groups in total. The summed E-state index contributed by atoms with van der Waals surface area (Å²) in [4.78, 5) is 2.29. The molecule has 3 heterocycles. The number of furan rings is 3. The first-order valence-corrected chi connectivity index (χ1v) is 18.9. The van der Waals surface area contributed by atoms with Crippen LogP contribution in [0.25, 0.3) is 98.8 Å². The predicted molar refractivity (Wildman–Crippen MR) is 231 cm³/mol. The number of hydrogen-bond donors (Lipinski definition) is 0. The zero-order valence-corrected chi connectivity index (χ0v) is 30.1. The number of benzene rings is 9. The van der Waals surface area contributed by atoms with E-state index < -0.39 is 0 Å². The smallest absolute Gasteiger partial charge is 0.159 e. The Balaban J connectivity index is 1.07. The van der Waals surface area contributed by atoms with Crippen LogP contribution in [-0.4, -0.2) is 0 Å². The van der Waals surface area contributed by atoms with Crippen molar-refractivity contribution in [2.24, 2.45) is 0 Å². The lowest BCUT2D eigenvalue weighted by Gasteiger charge is -2.25. The van der Waals surface area contributed by atoms with Gasteiger partial charge >= 0.3 is 0 Å². The van der Waals surface area contributed by atoms with E-state index >= 15 is 0 Å². The number of hydrogen-bond acceptors (Lipinski definition) is 4. The van der Waals surface area contributed by atoms with Gasteiger partial charge in [0.05, 0.1) is 5.69 Å². The maximum Gasteiger partial charge on any atom is 0.159 e. The molecule has 0 amide bonds. The number of fused-ring (bicyclic) bond motifs is 10. The van der Waals surface area contributed by atoms with Gasteiger partial charge in [0.1, 0.15) is 27.9 Å². The first-order chi connectivity index (χ1) is 27.8. The van der Waals surface area contributed by atoms with Crippen LogP contribution >= 0.6 is 0 Å². The number of para-hydroxylation sites is 6. The summed E-state index contributed by atoms with van der Waals surface area (Å²) in [5.41, 5.74) is 12.2. The Kier molecular flexibility index (Phi) is 6.60. The lowest BCUT2D eigenvalue weighted by atomic mass is 9.96. The molecule has 3 aromatic heterocycles. The van der Waals surface area contributed by atoms with Crippen LogP contribution in [0.3, 0.4) is 0 Å². The summed E-state index contributed by atoms with van der Waals surface area (Å²) < 4.78 is 20.4. The third-order valence-corrected chi connectivity index (χ3v) is 11.3. The largest absolute Gasteiger partial charge is 0.455 e. The minimum atomic E-state index is 0.821. The number of anilines is 3. The van der Waals surface area contributed by atoms with Crippen LogP contribution in [0.15, 0.2) is 201 Å². The fourth-order valence-electron chi connectivity index (χ4n) is 8.76. The van der Waals surface area contributed by atoms with Crippen molar-refractivity contribution in [3.05, 3.63) is 188 Å². The van der Waals surface area contributed by atoms with E-state index in [2.05, 4.69) is 181 Å². The molecule has 0 aliphatic carbocycles. The molecule has 12 rings (SSSR count). The summed E-state index contributed by atoms with van der Waals surface area (Å²) in [6, 6.07) is 65.8. The average molecular weight is 718 g/mol. The van der Waals surface area contributed by atoms with Crippen molar-refractivity contribution >= 4 is 93.7 Å². The predicted octanol–water partition coefficient (Wildman–Crippen LogP) is 15.3. The van der Waals surface area contributed by atoms with Crippen LogP contribution in [-0.2, 0) is 0 Å². The fraction of sp³-hybridized carbons (Fsp3) is 0. The highest BCUT2D eigenvalue weighted by atomic mass is 16.3. The van der Waals surface area contributed by atoms with E-state index in [0.717, 1.165) is 105 Å². The highest BCUT2D eigenvalue weighted by Gasteiger charge is 2.23. The summed E-state index contributed by atoms with van der Waals surface area (Å²) in [5.74, 6) is 0. The van der Waals surface area contributed by atoms with Crippen molar-refractivity contribution in [3.63, 3.8) is 0 Å². The Labute approximate surface area is 321 Å². The minimum Gasteiger partial charge on any atom is -0.455 e. The summed E-state index contributed by atoms with van der Waals surface area (Å²) in [6.07, 6.45) is 0. The monoisotopic (exact) mass is 717 g/mol. The van der Waals surface area contributed by atoms with Crippen molar-refractivity contribution in [1.29, 1.82) is 0 Å². The Morgan fingerprint density at radius 3 is 1.62 bits per heavy atom. The van der Waals surface area contributed by atoms with Gasteiger partial charge in [-0.25, -0.2) is 0 Å². The molecule has 56 heavy (non-hydrogen) atoms. The molecule has 0 spiro atoms. The third kappa shape index (κ3) is 4.53. The zero-order chi connectivity index (χ0) is 36.7. The first kappa shape index (κ1) is 30.9. The van der Waals surface area contributed by atoms with Crippen LogP contribution in [0.4, 0.5) is 17.1 Å². The molecule has 0 atom stereocenters. The molecule has 0 bridgehead atoms. The quantitative estimate of drug-likeness (QED) is 0.178. The normalized spacial score (nSPS) is 11.9. The molecule has 0 saturated carbocycles. The molecule has 0 saturated heterocycles. The second-order valence-electron chi connectivity index (χ2n) is 14.4. The van der Waals surface area contributed by atoms with E-state index in [4.69, 9.17) is 13.3 Å². The van der Waals surface area contributed by atoms with Gasteiger partial charge in [-0.15, -0.1) is 0 Å². The van der Waals surface area contributed by atoms with Gasteiger partial charge in [0.2, 0.25) is 0 Å². The second kappa shape index (κ2) is 12.0. The highest BCUT2D eigenvalue weighted by Crippen LogP contribution is 2.47. The fourth-order valence-corrected chi connectivity index (χ4v) is 8.76. The Morgan fingerprint density at radius 2 is 0.839 bits per heavy atom. The van der Waals surface area contributed by atoms with E-state index in [0.29, 0.717) is 0 Å². The molecule has 262 valence electrons. The van der Waals surface area contributed by atoms with Gasteiger partial charge in [-0.1, -0.05) is 146 Å². The molecule has 4 nitrogen and oxygen atoms in total. The summed E-state index contributed by atoms with van der Waals surface area (Å²) in [6.45, 7) is 0.